The molecule has 8 nitrogen and oxygen atoms in total. The first-order valence-corrected chi connectivity index (χ1v) is 11.2. The van der Waals surface area contributed by atoms with E-state index in [1.54, 1.807) is 52.2 Å². The highest BCUT2D eigenvalue weighted by Crippen LogP contribution is 2.29. The summed E-state index contributed by atoms with van der Waals surface area (Å²) in [6.45, 7) is 5.08. The molecule has 3 rings (SSSR count). The number of nitrogens with zero attached hydrogens (tertiary/aromatic N) is 3. The van der Waals surface area contributed by atoms with E-state index in [0.29, 0.717) is 28.8 Å². The van der Waals surface area contributed by atoms with Crippen molar-refractivity contribution in [3.8, 4) is 23.0 Å². The predicted molar refractivity (Wildman–Crippen MR) is 116 cm³/mol. The maximum atomic E-state index is 14.3. The zero-order chi connectivity index (χ0) is 22.8. The molecule has 1 aromatic carbocycles. The van der Waals surface area contributed by atoms with E-state index < -0.39 is 15.8 Å². The van der Waals surface area contributed by atoms with Crippen molar-refractivity contribution in [3.63, 3.8) is 0 Å². The van der Waals surface area contributed by atoms with Gasteiger partial charge < -0.3 is 9.30 Å². The average Bonchev–Trinajstić information content (AvgIpc) is 2.68. The molecule has 0 saturated heterocycles. The van der Waals surface area contributed by atoms with Gasteiger partial charge in [0.1, 0.15) is 5.82 Å². The van der Waals surface area contributed by atoms with E-state index in [2.05, 4.69) is 14.7 Å². The first kappa shape index (κ1) is 22.4. The van der Waals surface area contributed by atoms with Crippen molar-refractivity contribution in [1.82, 2.24) is 14.5 Å². The molecule has 3 aromatic rings. The van der Waals surface area contributed by atoms with Crippen LogP contribution in [-0.4, -0.2) is 28.7 Å². The number of halogens is 1. The smallest absolute Gasteiger partial charge is 0.324 e. The third-order valence-electron chi connectivity index (χ3n) is 4.45. The fraction of sp³-hybridized carbons (Fsp3) is 0.286. The molecule has 0 unspecified atom stereocenters. The number of rotatable bonds is 7. The highest BCUT2D eigenvalue weighted by Gasteiger charge is 2.17. The lowest BCUT2D eigenvalue weighted by atomic mass is 10.1. The molecule has 164 valence electrons. The quantitative estimate of drug-likeness (QED) is 0.595. The van der Waals surface area contributed by atoms with Gasteiger partial charge in [-0.2, -0.15) is 9.97 Å². The molecule has 0 saturated carbocycles. The van der Waals surface area contributed by atoms with Crippen molar-refractivity contribution >= 4 is 15.8 Å². The number of para-hydroxylation sites is 1. The predicted octanol–water partition coefficient (Wildman–Crippen LogP) is 3.54. The van der Waals surface area contributed by atoms with Crippen molar-refractivity contribution in [2.24, 2.45) is 7.05 Å². The largest absolute Gasteiger partial charge is 0.421 e. The van der Waals surface area contributed by atoms with Gasteiger partial charge in [-0.3, -0.25) is 9.52 Å². The summed E-state index contributed by atoms with van der Waals surface area (Å²) in [5, 5.41) is 0. The molecule has 0 aliphatic heterocycles. The van der Waals surface area contributed by atoms with Crippen LogP contribution in [0.15, 0.2) is 41.3 Å². The summed E-state index contributed by atoms with van der Waals surface area (Å²) in [7, 11) is -2.04. The summed E-state index contributed by atoms with van der Waals surface area (Å²) < 4.78 is 48.2. The molecule has 1 N–H and O–H groups in total. The summed E-state index contributed by atoms with van der Waals surface area (Å²) in [6.07, 6.45) is 1.99. The molecule has 0 aliphatic rings. The van der Waals surface area contributed by atoms with Gasteiger partial charge in [0.05, 0.1) is 11.4 Å². The Labute approximate surface area is 179 Å². The summed E-state index contributed by atoms with van der Waals surface area (Å²) in [6, 6.07) is 7.30. The molecule has 10 heteroatoms. The molecular formula is C21H23FN4O4S. The normalized spacial score (nSPS) is 11.4. The third kappa shape index (κ3) is 5.26. The van der Waals surface area contributed by atoms with Gasteiger partial charge >= 0.3 is 6.01 Å². The lowest BCUT2D eigenvalue weighted by Gasteiger charge is -2.13. The van der Waals surface area contributed by atoms with E-state index in [-0.39, 0.29) is 28.9 Å². The van der Waals surface area contributed by atoms with Crippen LogP contribution in [0.5, 0.6) is 11.8 Å². The number of aryl methyl sites for hydroxylation is 3. The van der Waals surface area contributed by atoms with Crippen molar-refractivity contribution < 1.29 is 17.5 Å². The monoisotopic (exact) mass is 446 g/mol. The highest BCUT2D eigenvalue weighted by atomic mass is 32.2. The first-order valence-electron chi connectivity index (χ1n) is 9.60. The third-order valence-corrected chi connectivity index (χ3v) is 5.92. The van der Waals surface area contributed by atoms with E-state index in [1.807, 2.05) is 0 Å². The fourth-order valence-electron chi connectivity index (χ4n) is 3.00. The Morgan fingerprint density at radius 1 is 1.16 bits per heavy atom. The number of hydrogen-bond donors (Lipinski definition) is 1. The van der Waals surface area contributed by atoms with Gasteiger partial charge in [0.15, 0.2) is 11.6 Å². The number of sulfonamides is 1. The first-order chi connectivity index (χ1) is 14.6. The summed E-state index contributed by atoms with van der Waals surface area (Å²) >= 11 is 0. The lowest BCUT2D eigenvalue weighted by molar-refractivity contribution is 0.409. The summed E-state index contributed by atoms with van der Waals surface area (Å²) in [5.74, 6) is -0.763. The number of anilines is 1. The number of benzene rings is 1. The van der Waals surface area contributed by atoms with Gasteiger partial charge in [0.2, 0.25) is 10.0 Å². The van der Waals surface area contributed by atoms with Crippen LogP contribution in [0.25, 0.3) is 11.3 Å². The Morgan fingerprint density at radius 3 is 2.55 bits per heavy atom. The Kier molecular flexibility index (Phi) is 6.40. The molecule has 0 radical (unpaired) electrons. The lowest BCUT2D eigenvalue weighted by Crippen LogP contribution is -2.19. The highest BCUT2D eigenvalue weighted by molar-refractivity contribution is 7.92. The minimum Gasteiger partial charge on any atom is -0.421 e. The SMILES string of the molecule is CCCS(=O)(=O)Nc1cc(-c2cc(C)c(=O)n(C)c2)nc(Oc2c(C)cccc2F)n1. The van der Waals surface area contributed by atoms with Gasteiger partial charge in [-0.1, -0.05) is 19.1 Å². The zero-order valence-electron chi connectivity index (χ0n) is 17.6. The topological polar surface area (TPSA) is 103 Å². The van der Waals surface area contributed by atoms with Crippen molar-refractivity contribution in [2.45, 2.75) is 27.2 Å². The van der Waals surface area contributed by atoms with E-state index in [4.69, 9.17) is 4.74 Å². The van der Waals surface area contributed by atoms with Crippen LogP contribution >= 0.6 is 0 Å². The molecule has 2 aromatic heterocycles. The van der Waals surface area contributed by atoms with E-state index in [9.17, 15) is 17.6 Å². The maximum absolute atomic E-state index is 14.3. The van der Waals surface area contributed by atoms with Gasteiger partial charge in [-0.05, 0) is 38.0 Å². The Bertz CT molecular complexity index is 1240. The van der Waals surface area contributed by atoms with Gasteiger partial charge in [-0.15, -0.1) is 0 Å². The van der Waals surface area contributed by atoms with Crippen LogP contribution in [0.3, 0.4) is 0 Å². The molecular weight excluding hydrogens is 423 g/mol. The second-order valence-electron chi connectivity index (χ2n) is 7.16. The fourth-order valence-corrected chi connectivity index (χ4v) is 4.07. The van der Waals surface area contributed by atoms with E-state index in [0.717, 1.165) is 0 Å². The standard InChI is InChI=1S/C21H23FN4O4S/c1-5-9-31(28,29)25-18-11-17(15-10-14(3)20(27)26(4)12-15)23-21(24-18)30-19-13(2)7-6-8-16(19)22/h6-8,10-12H,5,9H2,1-4H3,(H,23,24,25). The van der Waals surface area contributed by atoms with E-state index in [1.165, 1.54) is 16.7 Å². The van der Waals surface area contributed by atoms with E-state index >= 15 is 0 Å². The van der Waals surface area contributed by atoms with Crippen LogP contribution < -0.4 is 15.0 Å². The Hall–Kier alpha value is -3.27. The molecule has 0 aliphatic carbocycles. The maximum Gasteiger partial charge on any atom is 0.324 e. The Balaban J connectivity index is 2.13. The number of pyridine rings is 1. The molecule has 31 heavy (non-hydrogen) atoms. The molecule has 0 bridgehead atoms. The average molecular weight is 447 g/mol. The summed E-state index contributed by atoms with van der Waals surface area (Å²) in [5.41, 5.74) is 1.71. The second-order valence-corrected chi connectivity index (χ2v) is 9.00. The number of nitrogens with one attached hydrogen (secondary N) is 1. The molecule has 0 atom stereocenters. The minimum atomic E-state index is -3.64. The molecule has 0 amide bonds. The minimum absolute atomic E-state index is 0.0195. The number of hydrogen-bond acceptors (Lipinski definition) is 6. The van der Waals surface area contributed by atoms with Crippen molar-refractivity contribution in [2.75, 3.05) is 10.5 Å². The van der Waals surface area contributed by atoms with Crippen molar-refractivity contribution in [1.29, 1.82) is 0 Å². The molecule has 0 spiro atoms. The molecule has 0 fully saturated rings. The van der Waals surface area contributed by atoms with Crippen LogP contribution in [0.2, 0.25) is 0 Å². The zero-order valence-corrected chi connectivity index (χ0v) is 18.5. The number of ether oxygens (including phenoxy) is 1. The summed E-state index contributed by atoms with van der Waals surface area (Å²) in [4.78, 5) is 20.5. The van der Waals surface area contributed by atoms with Gasteiger partial charge in [0, 0.05) is 30.4 Å². The van der Waals surface area contributed by atoms with Crippen molar-refractivity contribution in [3.05, 3.63) is 63.8 Å². The Morgan fingerprint density at radius 2 is 1.90 bits per heavy atom. The van der Waals surface area contributed by atoms with Crippen LogP contribution in [0, 0.1) is 19.7 Å². The van der Waals surface area contributed by atoms with Gasteiger partial charge in [0.25, 0.3) is 5.56 Å². The molecule has 2 heterocycles. The number of aromatic nitrogens is 3. The van der Waals surface area contributed by atoms with Crippen LogP contribution in [0.1, 0.15) is 24.5 Å². The van der Waals surface area contributed by atoms with Gasteiger partial charge in [-0.25, -0.2) is 12.8 Å². The van der Waals surface area contributed by atoms with Crippen LogP contribution in [0.4, 0.5) is 10.2 Å². The second kappa shape index (κ2) is 8.84. The van der Waals surface area contributed by atoms with Crippen LogP contribution in [-0.2, 0) is 17.1 Å².